The van der Waals surface area contributed by atoms with Gasteiger partial charge in [0.2, 0.25) is 17.7 Å². The highest BCUT2D eigenvalue weighted by Crippen LogP contribution is 2.66. The number of aliphatic hydroxyl groups is 5. The molecule has 1 heterocycles. The smallest absolute Gasteiger partial charge is 0.320 e. The molecule has 602 valence electrons. The van der Waals surface area contributed by atoms with Gasteiger partial charge in [0.05, 0.1) is 73.0 Å². The maximum Gasteiger partial charge on any atom is 0.320 e. The first kappa shape index (κ1) is 90.0. The van der Waals surface area contributed by atoms with Crippen molar-refractivity contribution in [1.29, 1.82) is 0 Å². The minimum atomic E-state index is -0.988. The van der Waals surface area contributed by atoms with Crippen LogP contribution in [-0.2, 0) is 47.9 Å². The van der Waals surface area contributed by atoms with Crippen LogP contribution in [0.2, 0.25) is 0 Å². The molecular weight excluding hydrogens is 1360 g/mol. The van der Waals surface area contributed by atoms with Crippen molar-refractivity contribution >= 4 is 53.5 Å². The van der Waals surface area contributed by atoms with Crippen molar-refractivity contribution < 1.29 is 99.0 Å². The Bertz CT molecular complexity index is 2670. The van der Waals surface area contributed by atoms with Crippen LogP contribution < -0.4 is 44.2 Å². The van der Waals surface area contributed by atoms with Gasteiger partial charge in [-0.3, -0.25) is 62.8 Å². The quantitative estimate of drug-likeness (QED) is 0.0196. The number of piperidine rings is 1. The number of fused-ring (bicyclic) bond motifs is 3. The van der Waals surface area contributed by atoms with E-state index in [1.165, 1.54) is 0 Å². The van der Waals surface area contributed by atoms with Gasteiger partial charge in [0.25, 0.3) is 0 Å². The van der Waals surface area contributed by atoms with Crippen LogP contribution in [0.15, 0.2) is 12.2 Å². The molecule has 10 aliphatic carbocycles. The van der Waals surface area contributed by atoms with Gasteiger partial charge in [-0.2, -0.15) is 0 Å². The lowest BCUT2D eigenvalue weighted by molar-refractivity contribution is -0.191. The van der Waals surface area contributed by atoms with Gasteiger partial charge in [-0.15, -0.1) is 0 Å². The predicted molar refractivity (Wildman–Crippen MR) is 389 cm³/mol. The van der Waals surface area contributed by atoms with Crippen LogP contribution in [0.3, 0.4) is 0 Å². The van der Waals surface area contributed by atoms with Crippen molar-refractivity contribution in [2.24, 2.45) is 105 Å². The van der Waals surface area contributed by atoms with Crippen molar-refractivity contribution in [3.8, 4) is 0 Å². The van der Waals surface area contributed by atoms with Crippen molar-refractivity contribution in [2.75, 3.05) is 164 Å². The van der Waals surface area contributed by atoms with Gasteiger partial charge in [0.1, 0.15) is 12.6 Å². The van der Waals surface area contributed by atoms with E-state index in [4.69, 9.17) is 63.4 Å². The SMILES string of the molecule is C=C1C(C(=O)O)C1C(=O)NCCN(CCN)CCN.NCCN(CCN)CCNC(=O)C1CCC(C2CCC(C(=O)O)CC2)CC1.O=C(O)C12CC3CC(C1)CC(C(=O)OCCN(CCO)CCO)(C3)C2.O=C(O)C1C2CCC(CC2)C1C(=O)NCCNCCO.O=C(O)C1CCCCN1CC(O)CO. The van der Waals surface area contributed by atoms with Crippen LogP contribution in [0.5, 0.6) is 0 Å². The predicted octanol–water partition coefficient (Wildman–Crippen LogP) is -1.18. The molecule has 32 heteroatoms. The van der Waals surface area contributed by atoms with E-state index in [9.17, 15) is 58.5 Å². The molecule has 0 aromatic heterocycles. The summed E-state index contributed by atoms with van der Waals surface area (Å²) >= 11 is 0. The summed E-state index contributed by atoms with van der Waals surface area (Å²) in [6.07, 6.45) is 17.8. The lowest BCUT2D eigenvalue weighted by Crippen LogP contribution is -2.58. The number of carboxylic acid groups (broad SMARTS) is 5. The van der Waals surface area contributed by atoms with Crippen LogP contribution in [0.4, 0.5) is 0 Å². The van der Waals surface area contributed by atoms with Crippen LogP contribution >= 0.6 is 0 Å². The summed E-state index contributed by atoms with van der Waals surface area (Å²) < 4.78 is 5.54. The Morgan fingerprint density at radius 1 is 0.495 bits per heavy atom. The van der Waals surface area contributed by atoms with Gasteiger partial charge < -0.3 is 100 Å². The number of ether oxygens (including phenoxy) is 1. The summed E-state index contributed by atoms with van der Waals surface area (Å²) in [6, 6.07) is -0.495. The Balaban J connectivity index is 0.000000239. The van der Waals surface area contributed by atoms with Crippen molar-refractivity contribution in [1.82, 2.24) is 40.9 Å². The van der Waals surface area contributed by atoms with Gasteiger partial charge in [-0.25, -0.2) is 0 Å². The number of β-amino-alcohol motifs (C(OH)–C–C–N with tert-alkyl or cyclic N) is 1. The fraction of sp³-hybridized carbons (Fsp3) is 0.849. The molecule has 6 bridgehead atoms. The zero-order chi connectivity index (χ0) is 77.2. The molecular formula is C73H130N12O20. The summed E-state index contributed by atoms with van der Waals surface area (Å²) in [4.78, 5) is 113. The number of hydrogen-bond donors (Lipinski definition) is 18. The number of aliphatic hydroxyl groups excluding tert-OH is 5. The Morgan fingerprint density at radius 2 is 0.981 bits per heavy atom. The fourth-order valence-corrected chi connectivity index (χ4v) is 18.3. The normalized spacial score (nSPS) is 29.4. The molecule has 11 aliphatic rings. The highest BCUT2D eigenvalue weighted by Gasteiger charge is 2.64. The minimum Gasteiger partial charge on any atom is -0.481 e. The monoisotopic (exact) mass is 1490 g/mol. The lowest BCUT2D eigenvalue weighted by Gasteiger charge is -2.59. The average molecular weight is 1500 g/mol. The molecule has 1 saturated heterocycles. The molecule has 0 aromatic carbocycles. The van der Waals surface area contributed by atoms with E-state index in [0.717, 1.165) is 142 Å². The molecule has 1 aliphatic heterocycles. The first-order chi connectivity index (χ1) is 50.3. The second-order valence-corrected chi connectivity index (χ2v) is 30.6. The number of carbonyl (C=O) groups excluding carboxylic acids is 4. The number of amides is 3. The molecule has 3 amide bonds. The second-order valence-electron chi connectivity index (χ2n) is 30.6. The molecule has 8 unspecified atom stereocenters. The van der Waals surface area contributed by atoms with Crippen LogP contribution in [-0.4, -0.2) is 300 Å². The molecule has 0 radical (unpaired) electrons. The summed E-state index contributed by atoms with van der Waals surface area (Å²) in [5, 5.41) is 102. The Labute approximate surface area is 618 Å². The van der Waals surface area contributed by atoms with E-state index in [1.807, 2.05) is 4.90 Å². The number of nitrogens with zero attached hydrogens (tertiary/aromatic N) is 4. The molecule has 0 spiro atoms. The number of nitrogens with two attached hydrogens (primary N) is 4. The van der Waals surface area contributed by atoms with E-state index in [2.05, 4.69) is 37.6 Å². The Kier molecular flexibility index (Phi) is 40.0. The van der Waals surface area contributed by atoms with E-state index < -0.39 is 70.6 Å². The van der Waals surface area contributed by atoms with Crippen LogP contribution in [0, 0.1) is 81.8 Å². The molecule has 0 aromatic rings. The number of aliphatic carboxylic acids is 5. The zero-order valence-electron chi connectivity index (χ0n) is 62.0. The summed E-state index contributed by atoms with van der Waals surface area (Å²) in [5.41, 5.74) is 21.3. The molecule has 32 nitrogen and oxygen atoms in total. The first-order valence-electron chi connectivity index (χ1n) is 38.7. The summed E-state index contributed by atoms with van der Waals surface area (Å²) in [6.45, 7) is 15.2. The lowest BCUT2D eigenvalue weighted by atomic mass is 9.44. The number of esters is 1. The molecule has 105 heavy (non-hydrogen) atoms. The third-order valence-corrected chi connectivity index (χ3v) is 23.4. The third kappa shape index (κ3) is 28.1. The number of rotatable bonds is 39. The molecule has 8 atom stereocenters. The standard InChI is InChI=1S/C20H38N4O3.C18H29NO6.C14H24N2O4.C12H22N4O3.C9H17NO4/c21-9-12-24(13-10-22)14-11-23-19(25)17-5-1-15(2-6-17)16-3-7-18(8-4-16)20(26)27;20-4-1-19(2-5-21)3-6-25-16(24)18-10-13-7-14(11-18)9-17(8-13,12-18)15(22)23;17-8-7-15-5-6-16-13(18)11-9-1-3-10(4-2-9)12(11)14(19)20;1-8-9(10(8)12(18)19)11(17)15-4-7-16(5-2-13)6-3-14;11-6-7(12)5-10-4-2-1-3-8(10)9(13)14/h15-18H,1-14,21-22H2,(H,23,25)(H,26,27);13-14,20-21H,1-12H2,(H,22,23);9-12,15,17H,1-8H2,(H,16,18)(H,19,20);9-10H,1-7,13-14H2,(H,15,17)(H,18,19);7-8,11-12H,1-6H2,(H,13,14). The van der Waals surface area contributed by atoms with Crippen LogP contribution in [0.1, 0.15) is 135 Å². The van der Waals surface area contributed by atoms with Gasteiger partial charge in [0, 0.05) is 130 Å². The van der Waals surface area contributed by atoms with Crippen molar-refractivity contribution in [3.63, 3.8) is 0 Å². The fourth-order valence-electron chi connectivity index (χ4n) is 18.3. The first-order valence-corrected chi connectivity index (χ1v) is 38.7. The van der Waals surface area contributed by atoms with Crippen LogP contribution in [0.25, 0.3) is 0 Å². The zero-order valence-corrected chi connectivity index (χ0v) is 62.0. The summed E-state index contributed by atoms with van der Waals surface area (Å²) in [5.74, 6) is -4.27. The third-order valence-electron chi connectivity index (χ3n) is 23.4. The van der Waals surface area contributed by atoms with E-state index in [1.54, 1.807) is 4.90 Å². The average Bonchev–Trinajstić information content (AvgIpc) is 0.931. The Morgan fingerprint density at radius 3 is 1.44 bits per heavy atom. The highest BCUT2D eigenvalue weighted by molar-refractivity contribution is 5.96. The van der Waals surface area contributed by atoms with E-state index in [-0.39, 0.29) is 92.9 Å². The molecule has 22 N–H and O–H groups in total. The minimum absolute atomic E-state index is 0.0115. The Hall–Kier alpha value is -5.59. The number of nitrogens with one attached hydrogen (secondary N) is 4. The number of carboxylic acids is 5. The summed E-state index contributed by atoms with van der Waals surface area (Å²) in [7, 11) is 0. The van der Waals surface area contributed by atoms with Gasteiger partial charge in [-0.05, 0) is 176 Å². The van der Waals surface area contributed by atoms with Gasteiger partial charge in [-0.1, -0.05) is 13.0 Å². The maximum atomic E-state index is 12.8. The van der Waals surface area contributed by atoms with E-state index in [0.29, 0.717) is 147 Å². The van der Waals surface area contributed by atoms with Gasteiger partial charge in [0.15, 0.2) is 0 Å². The topological polar surface area (TPSA) is 530 Å². The largest absolute Gasteiger partial charge is 0.481 e. The number of likely N-dealkylation sites (tertiary alicyclic amines) is 1. The number of carbonyl (C=O) groups is 9. The van der Waals surface area contributed by atoms with Gasteiger partial charge >= 0.3 is 35.8 Å². The second kappa shape index (κ2) is 46.7. The number of hydrogen-bond acceptors (Lipinski definition) is 24. The highest BCUT2D eigenvalue weighted by atomic mass is 16.5. The van der Waals surface area contributed by atoms with Crippen molar-refractivity contribution in [3.05, 3.63) is 12.2 Å². The van der Waals surface area contributed by atoms with Crippen molar-refractivity contribution in [2.45, 2.75) is 147 Å². The molecule has 10 saturated carbocycles. The maximum absolute atomic E-state index is 12.8. The van der Waals surface area contributed by atoms with E-state index >= 15 is 0 Å². The molecule has 11 rings (SSSR count). The molecule has 11 fully saturated rings.